The van der Waals surface area contributed by atoms with Crippen molar-refractivity contribution in [1.29, 1.82) is 0 Å². The van der Waals surface area contributed by atoms with Gasteiger partial charge in [0.1, 0.15) is 5.38 Å². The number of hydrogen-bond acceptors (Lipinski definition) is 3. The average molecular weight is 338 g/mol. The van der Waals surface area contributed by atoms with Gasteiger partial charge >= 0.3 is 0 Å². The van der Waals surface area contributed by atoms with Crippen LogP contribution in [0, 0.1) is 0 Å². The van der Waals surface area contributed by atoms with E-state index in [0.29, 0.717) is 11.4 Å². The Morgan fingerprint density at radius 2 is 2.09 bits per heavy atom. The number of anilines is 2. The lowest BCUT2D eigenvalue weighted by molar-refractivity contribution is -0.133. The second kappa shape index (κ2) is 7.00. The Morgan fingerprint density at radius 1 is 1.43 bits per heavy atom. The Morgan fingerprint density at radius 3 is 2.74 bits per heavy atom. The first-order chi connectivity index (χ1) is 10.8. The number of alkyl halides is 1. The van der Waals surface area contributed by atoms with E-state index in [4.69, 9.17) is 11.6 Å². The molecule has 1 aromatic rings. The van der Waals surface area contributed by atoms with Crippen LogP contribution in [-0.2, 0) is 14.4 Å². The molecule has 1 N–H and O–H groups in total. The lowest BCUT2D eigenvalue weighted by atomic mass is 10.1. The van der Waals surface area contributed by atoms with Gasteiger partial charge in [0.15, 0.2) is 0 Å². The molecule has 0 aliphatic carbocycles. The van der Waals surface area contributed by atoms with Crippen LogP contribution in [0.4, 0.5) is 11.4 Å². The molecule has 1 heterocycles. The van der Waals surface area contributed by atoms with Crippen LogP contribution in [-0.4, -0.2) is 47.6 Å². The fraction of sp³-hybridized carbons (Fsp3) is 0.438. The third-order valence-corrected chi connectivity index (χ3v) is 3.90. The number of fused-ring (bicyclic) bond motifs is 1. The van der Waals surface area contributed by atoms with Gasteiger partial charge in [-0.05, 0) is 26.0 Å². The van der Waals surface area contributed by atoms with Gasteiger partial charge in [0.2, 0.25) is 17.7 Å². The standard InChI is InChI=1S/C16H20ClN3O3/c1-10-8-14(21)18-12-6-4-5-7-13(12)20(10)15(22)9-19(3)16(23)11(2)17/h4-7,10-11H,8-9H2,1-3H3,(H,18,21). The van der Waals surface area contributed by atoms with Gasteiger partial charge in [-0.1, -0.05) is 12.1 Å². The highest BCUT2D eigenvalue weighted by atomic mass is 35.5. The maximum absolute atomic E-state index is 12.7. The molecule has 0 spiro atoms. The first-order valence-corrected chi connectivity index (χ1v) is 7.85. The fourth-order valence-corrected chi connectivity index (χ4v) is 2.80. The number of carbonyl (C=O) groups excluding carboxylic acids is 3. The van der Waals surface area contributed by atoms with E-state index in [1.165, 1.54) is 11.9 Å². The number of rotatable bonds is 3. The Kier molecular flexibility index (Phi) is 5.26. The molecule has 0 saturated carbocycles. The molecule has 2 atom stereocenters. The summed E-state index contributed by atoms with van der Waals surface area (Å²) in [4.78, 5) is 39.4. The number of carbonyl (C=O) groups is 3. The Balaban J connectivity index is 2.27. The van der Waals surface area contributed by atoms with Crippen molar-refractivity contribution in [2.24, 2.45) is 0 Å². The molecule has 0 aromatic heterocycles. The van der Waals surface area contributed by atoms with Gasteiger partial charge in [0.05, 0.1) is 17.9 Å². The van der Waals surface area contributed by atoms with Crippen molar-refractivity contribution in [3.8, 4) is 0 Å². The number of hydrogen-bond donors (Lipinski definition) is 1. The molecule has 1 aliphatic heterocycles. The molecule has 0 saturated heterocycles. The lowest BCUT2D eigenvalue weighted by Crippen LogP contribution is -2.46. The highest BCUT2D eigenvalue weighted by Crippen LogP contribution is 2.31. The molecule has 0 fully saturated rings. The van der Waals surface area contributed by atoms with Gasteiger partial charge in [-0.15, -0.1) is 11.6 Å². The van der Waals surface area contributed by atoms with Crippen molar-refractivity contribution in [3.05, 3.63) is 24.3 Å². The van der Waals surface area contributed by atoms with Gasteiger partial charge in [-0.2, -0.15) is 0 Å². The van der Waals surface area contributed by atoms with E-state index < -0.39 is 5.38 Å². The molecule has 124 valence electrons. The van der Waals surface area contributed by atoms with E-state index in [9.17, 15) is 14.4 Å². The van der Waals surface area contributed by atoms with Crippen LogP contribution in [0.3, 0.4) is 0 Å². The van der Waals surface area contributed by atoms with E-state index in [1.807, 2.05) is 6.92 Å². The molecule has 3 amide bonds. The van der Waals surface area contributed by atoms with Crippen LogP contribution in [0.25, 0.3) is 0 Å². The van der Waals surface area contributed by atoms with Crippen LogP contribution in [0.1, 0.15) is 20.3 Å². The Labute approximate surface area is 140 Å². The van der Waals surface area contributed by atoms with E-state index in [-0.39, 0.29) is 36.7 Å². The third kappa shape index (κ3) is 3.82. The van der Waals surface area contributed by atoms with E-state index in [0.717, 1.165) is 0 Å². The summed E-state index contributed by atoms with van der Waals surface area (Å²) in [5.74, 6) is -0.710. The zero-order valence-electron chi connectivity index (χ0n) is 13.4. The number of amides is 3. The van der Waals surface area contributed by atoms with Crippen molar-refractivity contribution >= 4 is 40.7 Å². The van der Waals surface area contributed by atoms with Crippen molar-refractivity contribution < 1.29 is 14.4 Å². The predicted molar refractivity (Wildman–Crippen MR) is 89.6 cm³/mol. The van der Waals surface area contributed by atoms with Crippen molar-refractivity contribution in [2.45, 2.75) is 31.7 Å². The molecule has 23 heavy (non-hydrogen) atoms. The summed E-state index contributed by atoms with van der Waals surface area (Å²) in [7, 11) is 1.54. The summed E-state index contributed by atoms with van der Waals surface area (Å²) in [6.45, 7) is 3.28. The maximum atomic E-state index is 12.7. The Bertz CT molecular complexity index is 633. The van der Waals surface area contributed by atoms with E-state index >= 15 is 0 Å². The first kappa shape index (κ1) is 17.3. The van der Waals surface area contributed by atoms with Crippen LogP contribution < -0.4 is 10.2 Å². The lowest BCUT2D eigenvalue weighted by Gasteiger charge is -2.30. The summed E-state index contributed by atoms with van der Waals surface area (Å²) in [5, 5.41) is 2.11. The smallest absolute Gasteiger partial charge is 0.246 e. The van der Waals surface area contributed by atoms with E-state index in [2.05, 4.69) is 5.32 Å². The average Bonchev–Trinajstić information content (AvgIpc) is 2.60. The van der Waals surface area contributed by atoms with E-state index in [1.54, 1.807) is 36.1 Å². The van der Waals surface area contributed by atoms with Crippen LogP contribution >= 0.6 is 11.6 Å². The highest BCUT2D eigenvalue weighted by molar-refractivity contribution is 6.30. The first-order valence-electron chi connectivity index (χ1n) is 7.41. The zero-order valence-corrected chi connectivity index (χ0v) is 14.1. The summed E-state index contributed by atoms with van der Waals surface area (Å²) in [5.41, 5.74) is 1.23. The minimum Gasteiger partial charge on any atom is -0.335 e. The summed E-state index contributed by atoms with van der Waals surface area (Å²) in [6.07, 6.45) is 0.198. The molecule has 1 aromatic carbocycles. The number of likely N-dealkylation sites (N-methyl/N-ethyl adjacent to an activating group) is 1. The fourth-order valence-electron chi connectivity index (χ4n) is 2.63. The molecule has 0 bridgehead atoms. The highest BCUT2D eigenvalue weighted by Gasteiger charge is 2.30. The molecular formula is C16H20ClN3O3. The van der Waals surface area contributed by atoms with Crippen LogP contribution in [0.15, 0.2) is 24.3 Å². The van der Waals surface area contributed by atoms with Crippen molar-refractivity contribution in [3.63, 3.8) is 0 Å². The second-order valence-corrected chi connectivity index (χ2v) is 6.35. The monoisotopic (exact) mass is 337 g/mol. The van der Waals surface area contributed by atoms with Gasteiger partial charge in [-0.25, -0.2) is 0 Å². The molecule has 2 unspecified atom stereocenters. The minimum absolute atomic E-state index is 0.0945. The van der Waals surface area contributed by atoms with Crippen LogP contribution in [0.5, 0.6) is 0 Å². The molecule has 6 nitrogen and oxygen atoms in total. The summed E-state index contributed by atoms with van der Waals surface area (Å²) < 4.78 is 0. The van der Waals surface area contributed by atoms with Gasteiger partial charge in [0, 0.05) is 19.5 Å². The molecule has 7 heteroatoms. The number of benzene rings is 1. The molecule has 2 rings (SSSR count). The summed E-state index contributed by atoms with van der Waals surface area (Å²) >= 11 is 5.78. The van der Waals surface area contributed by atoms with Crippen molar-refractivity contribution in [1.82, 2.24) is 4.90 Å². The number of nitrogens with one attached hydrogen (secondary N) is 1. The third-order valence-electron chi connectivity index (χ3n) is 3.72. The Hall–Kier alpha value is -2.08. The van der Waals surface area contributed by atoms with Gasteiger partial charge in [-0.3, -0.25) is 14.4 Å². The minimum atomic E-state index is -0.690. The SMILES string of the molecule is CC(Cl)C(=O)N(C)CC(=O)N1c2ccccc2NC(=O)CC1C. The number of para-hydroxylation sites is 2. The van der Waals surface area contributed by atoms with Crippen molar-refractivity contribution in [2.75, 3.05) is 23.8 Å². The van der Waals surface area contributed by atoms with Gasteiger partial charge < -0.3 is 15.1 Å². The summed E-state index contributed by atoms with van der Waals surface area (Å²) in [6, 6.07) is 6.83. The predicted octanol–water partition coefficient (Wildman–Crippen LogP) is 1.84. The number of nitrogens with zero attached hydrogens (tertiary/aromatic N) is 2. The number of halogens is 1. The zero-order chi connectivity index (χ0) is 17.1. The second-order valence-electron chi connectivity index (χ2n) is 5.69. The topological polar surface area (TPSA) is 69.7 Å². The van der Waals surface area contributed by atoms with Gasteiger partial charge in [0.25, 0.3) is 0 Å². The largest absolute Gasteiger partial charge is 0.335 e. The normalized spacial score (nSPS) is 18.5. The maximum Gasteiger partial charge on any atom is 0.246 e. The quantitative estimate of drug-likeness (QED) is 0.856. The molecule has 0 radical (unpaired) electrons. The molecular weight excluding hydrogens is 318 g/mol. The molecule has 1 aliphatic rings. The van der Waals surface area contributed by atoms with Crippen LogP contribution in [0.2, 0.25) is 0 Å².